The molecule has 0 saturated carbocycles. The molecule has 114 valence electrons. The Balaban J connectivity index is 2.09. The summed E-state index contributed by atoms with van der Waals surface area (Å²) in [6.45, 7) is 0.689. The molecule has 5 nitrogen and oxygen atoms in total. The number of hydrogen-bond donors (Lipinski definition) is 1. The van der Waals surface area contributed by atoms with E-state index < -0.39 is 17.5 Å². The van der Waals surface area contributed by atoms with Crippen LogP contribution in [0.5, 0.6) is 0 Å². The zero-order valence-corrected chi connectivity index (χ0v) is 11.6. The number of rotatable bonds is 2. The van der Waals surface area contributed by atoms with Crippen molar-refractivity contribution >= 4 is 17.6 Å². The summed E-state index contributed by atoms with van der Waals surface area (Å²) in [6.07, 6.45) is 0.948. The van der Waals surface area contributed by atoms with Gasteiger partial charge in [0, 0.05) is 24.8 Å². The molecule has 0 aliphatic carbocycles. The van der Waals surface area contributed by atoms with Crippen molar-refractivity contribution in [2.75, 3.05) is 25.9 Å². The van der Waals surface area contributed by atoms with E-state index in [1.165, 1.54) is 12.0 Å². The van der Waals surface area contributed by atoms with Crippen molar-refractivity contribution in [1.82, 2.24) is 4.90 Å². The van der Waals surface area contributed by atoms with E-state index in [4.69, 9.17) is 5.73 Å². The topological polar surface area (TPSA) is 72.6 Å². The van der Waals surface area contributed by atoms with Gasteiger partial charge in [-0.2, -0.15) is 0 Å². The van der Waals surface area contributed by atoms with Gasteiger partial charge in [0.2, 0.25) is 0 Å². The minimum Gasteiger partial charge on any atom is -0.469 e. The summed E-state index contributed by atoms with van der Waals surface area (Å²) in [7, 11) is 1.32. The molecule has 7 heteroatoms. The molecular weight excluding hydrogens is 282 g/mol. The van der Waals surface area contributed by atoms with Gasteiger partial charge in [-0.3, -0.25) is 9.59 Å². The number of nitrogens with two attached hydrogens (primary N) is 1. The van der Waals surface area contributed by atoms with E-state index in [1.54, 1.807) is 0 Å². The first-order chi connectivity index (χ1) is 9.93. The Morgan fingerprint density at radius 1 is 1.24 bits per heavy atom. The lowest BCUT2D eigenvalue weighted by Crippen LogP contribution is -2.40. The summed E-state index contributed by atoms with van der Waals surface area (Å²) in [5, 5.41) is 0. The molecule has 1 aliphatic heterocycles. The zero-order valence-electron chi connectivity index (χ0n) is 11.6. The molecular formula is C14H16F2N2O3. The summed E-state index contributed by atoms with van der Waals surface area (Å²) in [5.74, 6) is -3.20. The fourth-order valence-corrected chi connectivity index (χ4v) is 2.40. The number of carbonyl (C=O) groups is 2. The van der Waals surface area contributed by atoms with Gasteiger partial charge in [-0.15, -0.1) is 0 Å². The predicted octanol–water partition coefficient (Wildman–Crippen LogP) is 1.57. The lowest BCUT2D eigenvalue weighted by molar-refractivity contribution is -0.146. The van der Waals surface area contributed by atoms with Crippen molar-refractivity contribution < 1.29 is 23.1 Å². The molecule has 0 spiro atoms. The first kappa shape index (κ1) is 15.2. The quantitative estimate of drug-likeness (QED) is 0.664. The number of halogens is 2. The summed E-state index contributed by atoms with van der Waals surface area (Å²) in [6, 6.07) is 1.60. The Hall–Kier alpha value is -2.18. The Bertz CT molecular complexity index is 570. The first-order valence-corrected chi connectivity index (χ1v) is 6.55. The first-order valence-electron chi connectivity index (χ1n) is 6.55. The summed E-state index contributed by atoms with van der Waals surface area (Å²) in [4.78, 5) is 25.2. The van der Waals surface area contributed by atoms with Crippen LogP contribution < -0.4 is 5.73 Å². The fourth-order valence-electron chi connectivity index (χ4n) is 2.40. The molecule has 0 atom stereocenters. The van der Waals surface area contributed by atoms with Crippen LogP contribution in [0.3, 0.4) is 0 Å². The number of anilines is 1. The van der Waals surface area contributed by atoms with Gasteiger partial charge in [0.25, 0.3) is 5.91 Å². The molecule has 0 aromatic heterocycles. The van der Waals surface area contributed by atoms with Gasteiger partial charge < -0.3 is 15.4 Å². The fraction of sp³-hybridized carbons (Fsp3) is 0.429. The molecule has 0 bridgehead atoms. The second-order valence-corrected chi connectivity index (χ2v) is 4.94. The highest BCUT2D eigenvalue weighted by molar-refractivity contribution is 5.99. The monoisotopic (exact) mass is 298 g/mol. The Morgan fingerprint density at radius 3 is 2.38 bits per heavy atom. The molecule has 0 unspecified atom stereocenters. The third-order valence-electron chi connectivity index (χ3n) is 3.64. The zero-order chi connectivity index (χ0) is 15.6. The van der Waals surface area contributed by atoms with Crippen LogP contribution >= 0.6 is 0 Å². The van der Waals surface area contributed by atoms with Crippen LogP contribution in [0.2, 0.25) is 0 Å². The van der Waals surface area contributed by atoms with Gasteiger partial charge in [0.05, 0.1) is 18.6 Å². The molecule has 1 aliphatic rings. The predicted molar refractivity (Wildman–Crippen MR) is 71.4 cm³/mol. The molecule has 1 saturated heterocycles. The van der Waals surface area contributed by atoms with Gasteiger partial charge in [-0.05, 0) is 18.9 Å². The number of amides is 1. The molecule has 2 N–H and O–H groups in total. The molecule has 1 aromatic carbocycles. The van der Waals surface area contributed by atoms with Crippen molar-refractivity contribution in [3.63, 3.8) is 0 Å². The average Bonchev–Trinajstić information content (AvgIpc) is 2.49. The molecule has 1 amide bonds. The maximum atomic E-state index is 13.2. The number of ether oxygens (including phenoxy) is 1. The van der Waals surface area contributed by atoms with E-state index in [0.717, 1.165) is 12.1 Å². The van der Waals surface area contributed by atoms with Crippen LogP contribution in [-0.4, -0.2) is 37.0 Å². The van der Waals surface area contributed by atoms with Gasteiger partial charge in [0.15, 0.2) is 11.6 Å². The number of methoxy groups -OCH3 is 1. The molecule has 21 heavy (non-hydrogen) atoms. The number of hydrogen-bond acceptors (Lipinski definition) is 4. The molecule has 1 heterocycles. The van der Waals surface area contributed by atoms with E-state index in [-0.39, 0.29) is 23.1 Å². The lowest BCUT2D eigenvalue weighted by atomic mass is 9.96. The van der Waals surface area contributed by atoms with E-state index in [1.807, 2.05) is 0 Å². The minimum absolute atomic E-state index is 0.0644. The molecule has 1 aromatic rings. The number of benzene rings is 1. The van der Waals surface area contributed by atoms with Crippen molar-refractivity contribution in [1.29, 1.82) is 0 Å². The maximum absolute atomic E-state index is 13.2. The van der Waals surface area contributed by atoms with Gasteiger partial charge in [-0.25, -0.2) is 8.78 Å². The van der Waals surface area contributed by atoms with Crippen molar-refractivity contribution in [2.24, 2.45) is 5.92 Å². The second kappa shape index (κ2) is 6.07. The Kier molecular flexibility index (Phi) is 4.40. The third kappa shape index (κ3) is 3.12. The van der Waals surface area contributed by atoms with E-state index >= 15 is 0 Å². The summed E-state index contributed by atoms with van der Waals surface area (Å²) < 4.78 is 30.9. The van der Waals surface area contributed by atoms with Crippen LogP contribution in [0.25, 0.3) is 0 Å². The Labute approximate surface area is 120 Å². The SMILES string of the molecule is COC(=O)C1CCN(C(=O)c2cc(F)c(F)cc2N)CC1. The van der Waals surface area contributed by atoms with Gasteiger partial charge in [0.1, 0.15) is 0 Å². The van der Waals surface area contributed by atoms with Crippen molar-refractivity contribution in [3.8, 4) is 0 Å². The van der Waals surface area contributed by atoms with Crippen LogP contribution in [-0.2, 0) is 9.53 Å². The van der Waals surface area contributed by atoms with Crippen LogP contribution in [0.15, 0.2) is 12.1 Å². The highest BCUT2D eigenvalue weighted by Gasteiger charge is 2.29. The van der Waals surface area contributed by atoms with Crippen molar-refractivity contribution in [2.45, 2.75) is 12.8 Å². The maximum Gasteiger partial charge on any atom is 0.308 e. The van der Waals surface area contributed by atoms with Gasteiger partial charge in [-0.1, -0.05) is 0 Å². The smallest absolute Gasteiger partial charge is 0.308 e. The number of nitrogens with zero attached hydrogens (tertiary/aromatic N) is 1. The normalized spacial score (nSPS) is 15.9. The third-order valence-corrected chi connectivity index (χ3v) is 3.64. The number of carbonyl (C=O) groups excluding carboxylic acids is 2. The largest absolute Gasteiger partial charge is 0.469 e. The van der Waals surface area contributed by atoms with Gasteiger partial charge >= 0.3 is 5.97 Å². The summed E-state index contributed by atoms with van der Waals surface area (Å²) >= 11 is 0. The summed E-state index contributed by atoms with van der Waals surface area (Å²) in [5.41, 5.74) is 5.40. The molecule has 2 rings (SSSR count). The van der Waals surface area contributed by atoms with E-state index in [2.05, 4.69) is 4.74 Å². The molecule has 1 fully saturated rings. The molecule has 0 radical (unpaired) electrons. The number of nitrogen functional groups attached to an aromatic ring is 1. The standard InChI is InChI=1S/C14H16F2N2O3/c1-21-14(20)8-2-4-18(5-3-8)13(19)9-6-10(15)11(16)7-12(9)17/h6-8H,2-5,17H2,1H3. The number of esters is 1. The van der Waals surface area contributed by atoms with E-state index in [0.29, 0.717) is 25.9 Å². The Morgan fingerprint density at radius 2 is 1.81 bits per heavy atom. The number of piperidine rings is 1. The lowest BCUT2D eigenvalue weighted by Gasteiger charge is -2.31. The average molecular weight is 298 g/mol. The number of likely N-dealkylation sites (tertiary alicyclic amines) is 1. The highest BCUT2D eigenvalue weighted by atomic mass is 19.2. The van der Waals surface area contributed by atoms with Crippen molar-refractivity contribution in [3.05, 3.63) is 29.3 Å². The highest BCUT2D eigenvalue weighted by Crippen LogP contribution is 2.23. The van der Waals surface area contributed by atoms with Crippen LogP contribution in [0.1, 0.15) is 23.2 Å². The van der Waals surface area contributed by atoms with E-state index in [9.17, 15) is 18.4 Å². The van der Waals surface area contributed by atoms with Crippen LogP contribution in [0.4, 0.5) is 14.5 Å². The second-order valence-electron chi connectivity index (χ2n) is 4.94. The minimum atomic E-state index is -1.11. The van der Waals surface area contributed by atoms with Crippen LogP contribution in [0, 0.1) is 17.6 Å².